The van der Waals surface area contributed by atoms with E-state index in [-0.39, 0.29) is 40.1 Å². The van der Waals surface area contributed by atoms with Crippen LogP contribution in [0.15, 0.2) is 17.2 Å². The Morgan fingerprint density at radius 2 is 1.92 bits per heavy atom. The molecule has 0 unspecified atom stereocenters. The van der Waals surface area contributed by atoms with E-state index < -0.39 is 11.7 Å². The molecule has 1 heterocycles. The Labute approximate surface area is 101 Å². The smallest absolute Gasteiger partial charge is 0.779 e. The van der Waals surface area contributed by atoms with E-state index in [1.54, 1.807) is 0 Å². The van der Waals surface area contributed by atoms with Crippen molar-refractivity contribution in [1.29, 1.82) is 0 Å². The predicted molar refractivity (Wildman–Crippen MR) is 39.6 cm³/mol. The summed E-state index contributed by atoms with van der Waals surface area (Å²) in [5.74, 6) is 0. The number of halogens is 3. The van der Waals surface area contributed by atoms with Crippen LogP contribution in [0.2, 0.25) is 0 Å². The third kappa shape index (κ3) is 3.09. The second kappa shape index (κ2) is 4.59. The van der Waals surface area contributed by atoms with Gasteiger partial charge in [0.05, 0.1) is 5.56 Å². The van der Waals surface area contributed by atoms with Crippen LogP contribution in [0.3, 0.4) is 0 Å². The van der Waals surface area contributed by atoms with Crippen LogP contribution in [0.4, 0.5) is 13.2 Å². The van der Waals surface area contributed by atoms with Crippen molar-refractivity contribution in [2.45, 2.75) is 18.0 Å². The van der Waals surface area contributed by atoms with Crippen LogP contribution < -0.4 is 29.6 Å². The van der Waals surface area contributed by atoms with Crippen molar-refractivity contribution < 1.29 is 42.7 Å². The summed E-state index contributed by atoms with van der Waals surface area (Å²) in [6.45, 7) is 1.29. The van der Waals surface area contributed by atoms with Crippen molar-refractivity contribution in [2.24, 2.45) is 0 Å². The average Bonchev–Trinajstić information content (AvgIpc) is 1.82. The molecule has 1 aromatic rings. The minimum absolute atomic E-state index is 0. The summed E-state index contributed by atoms with van der Waals surface area (Å²) in [7, 11) is 0. The van der Waals surface area contributed by atoms with E-state index in [1.807, 2.05) is 0 Å². The van der Waals surface area contributed by atoms with Crippen molar-refractivity contribution in [1.82, 2.24) is 4.98 Å². The summed E-state index contributed by atoms with van der Waals surface area (Å²) in [5, 5.41) is 0. The molecular weight excluding hydrogens is 210 g/mol. The first kappa shape index (κ1) is 13.2. The van der Waals surface area contributed by atoms with Gasteiger partial charge in [-0.05, 0) is 6.92 Å². The molecule has 66 valence electrons. The summed E-state index contributed by atoms with van der Waals surface area (Å²) in [4.78, 5) is 3.32. The summed E-state index contributed by atoms with van der Waals surface area (Å²) >= 11 is 4.53. The maximum Gasteiger partial charge on any atom is 1.00 e. The minimum Gasteiger partial charge on any atom is -0.779 e. The van der Waals surface area contributed by atoms with Crippen LogP contribution in [-0.2, 0) is 18.8 Å². The fraction of sp³-hybridized carbons (Fsp3) is 0.286. The van der Waals surface area contributed by atoms with Gasteiger partial charge in [-0.1, -0.05) is 6.07 Å². The van der Waals surface area contributed by atoms with E-state index in [0.29, 0.717) is 0 Å². The largest absolute Gasteiger partial charge is 1.00 e. The number of alkyl halides is 3. The molecule has 6 heteroatoms. The van der Waals surface area contributed by atoms with Gasteiger partial charge in [0, 0.05) is 11.9 Å². The molecule has 0 atom stereocenters. The van der Waals surface area contributed by atoms with E-state index in [9.17, 15) is 13.2 Å². The normalized spacial score (nSPS) is 10.8. The molecule has 0 saturated carbocycles. The first-order valence-electron chi connectivity index (χ1n) is 3.12. The first-order valence-corrected chi connectivity index (χ1v) is 3.53. The first-order chi connectivity index (χ1) is 5.43. The molecule has 0 aliphatic rings. The van der Waals surface area contributed by atoms with Crippen LogP contribution in [-0.4, -0.2) is 4.98 Å². The van der Waals surface area contributed by atoms with Crippen LogP contribution >= 0.6 is 0 Å². The molecule has 0 amide bonds. The molecule has 1 rings (SSSR count). The maximum absolute atomic E-state index is 12.2. The number of rotatable bonds is 0. The number of hydrogen-bond donors (Lipinski definition) is 0. The molecule has 0 fully saturated rings. The number of hydrogen-bond acceptors (Lipinski definition) is 2. The molecule has 0 aliphatic carbocycles. The summed E-state index contributed by atoms with van der Waals surface area (Å²) < 4.78 is 36.6. The second-order valence-electron chi connectivity index (χ2n) is 2.27. The molecule has 1 nitrogen and oxygen atoms in total. The molecular formula is C7H5F3NNaS. The van der Waals surface area contributed by atoms with Crippen molar-refractivity contribution >= 4 is 12.6 Å². The molecule has 0 aromatic carbocycles. The van der Waals surface area contributed by atoms with Crippen LogP contribution in [0.5, 0.6) is 0 Å². The number of aromatic nitrogens is 1. The van der Waals surface area contributed by atoms with Gasteiger partial charge >= 0.3 is 35.7 Å². The molecule has 0 bridgehead atoms. The van der Waals surface area contributed by atoms with Gasteiger partial charge in [0.1, 0.15) is 0 Å². The zero-order valence-corrected chi connectivity index (χ0v) is 9.96. The van der Waals surface area contributed by atoms with Crippen molar-refractivity contribution in [3.8, 4) is 0 Å². The van der Waals surface area contributed by atoms with Gasteiger partial charge in [0.15, 0.2) is 0 Å². The van der Waals surface area contributed by atoms with E-state index in [2.05, 4.69) is 17.6 Å². The zero-order valence-electron chi connectivity index (χ0n) is 7.14. The molecule has 0 radical (unpaired) electrons. The SMILES string of the molecule is Cc1nccc([S-])c1C(F)(F)F.[Na+]. The van der Waals surface area contributed by atoms with E-state index in [1.165, 1.54) is 19.2 Å². The van der Waals surface area contributed by atoms with Crippen molar-refractivity contribution in [3.05, 3.63) is 23.5 Å². The molecule has 0 spiro atoms. The average molecular weight is 215 g/mol. The maximum atomic E-state index is 12.2. The third-order valence-electron chi connectivity index (χ3n) is 1.39. The minimum atomic E-state index is -4.39. The van der Waals surface area contributed by atoms with E-state index in [0.717, 1.165) is 0 Å². The molecule has 0 aliphatic heterocycles. The fourth-order valence-corrected chi connectivity index (χ4v) is 1.21. The summed E-state index contributed by atoms with van der Waals surface area (Å²) in [6.07, 6.45) is -3.12. The summed E-state index contributed by atoms with van der Waals surface area (Å²) in [6, 6.07) is 1.17. The zero-order chi connectivity index (χ0) is 9.35. The Hall–Kier alpha value is 0.160. The number of pyridine rings is 1. The van der Waals surface area contributed by atoms with Gasteiger partial charge in [-0.2, -0.15) is 18.1 Å². The number of aryl methyl sites for hydroxylation is 1. The molecule has 1 aromatic heterocycles. The Balaban J connectivity index is 0.00000144. The van der Waals surface area contributed by atoms with Crippen LogP contribution in [0.25, 0.3) is 0 Å². The van der Waals surface area contributed by atoms with Gasteiger partial charge in [-0.15, -0.1) is 0 Å². The fourth-order valence-electron chi connectivity index (χ4n) is 0.888. The number of nitrogens with zero attached hydrogens (tertiary/aromatic N) is 1. The molecule has 0 saturated heterocycles. The standard InChI is InChI=1S/C7H6F3NS.Na/c1-4-6(7(8,9)10)5(12)2-3-11-4;/h2-3H,1H3,(H,11,12);/q;+1/p-1. The Bertz CT molecular complexity index is 280. The topological polar surface area (TPSA) is 12.9 Å². The van der Waals surface area contributed by atoms with E-state index >= 15 is 0 Å². The third-order valence-corrected chi connectivity index (χ3v) is 1.73. The quantitative estimate of drug-likeness (QED) is 0.420. The molecule has 0 N–H and O–H groups in total. The van der Waals surface area contributed by atoms with E-state index in [4.69, 9.17) is 0 Å². The van der Waals surface area contributed by atoms with Gasteiger partial charge < -0.3 is 12.6 Å². The summed E-state index contributed by atoms with van der Waals surface area (Å²) in [5.41, 5.74) is -0.880. The van der Waals surface area contributed by atoms with Gasteiger partial charge in [0.2, 0.25) is 0 Å². The predicted octanol–water partition coefficient (Wildman–Crippen LogP) is -0.681. The van der Waals surface area contributed by atoms with Crippen molar-refractivity contribution in [2.75, 3.05) is 0 Å². The van der Waals surface area contributed by atoms with Crippen LogP contribution in [0.1, 0.15) is 11.3 Å². The van der Waals surface area contributed by atoms with Crippen LogP contribution in [0, 0.1) is 6.92 Å². The Morgan fingerprint density at radius 3 is 2.23 bits per heavy atom. The monoisotopic (exact) mass is 215 g/mol. The van der Waals surface area contributed by atoms with Gasteiger partial charge in [0.25, 0.3) is 0 Å². The molecule has 13 heavy (non-hydrogen) atoms. The Morgan fingerprint density at radius 1 is 1.38 bits per heavy atom. The second-order valence-corrected chi connectivity index (χ2v) is 2.71. The van der Waals surface area contributed by atoms with Gasteiger partial charge in [-0.3, -0.25) is 4.98 Å². The van der Waals surface area contributed by atoms with Gasteiger partial charge in [-0.25, -0.2) is 0 Å². The Kier molecular flexibility index (Phi) is 4.65. The van der Waals surface area contributed by atoms with Crippen molar-refractivity contribution in [3.63, 3.8) is 0 Å².